The van der Waals surface area contributed by atoms with Crippen LogP contribution in [0.4, 0.5) is 0 Å². The molecule has 4 aromatic heterocycles. The maximum Gasteiger partial charge on any atom is 3.00 e. The average Bonchev–Trinajstić information content (AvgIpc) is 3.17. The molecule has 4 aromatic rings. The summed E-state index contributed by atoms with van der Waals surface area (Å²) in [7, 11) is 0. The van der Waals surface area contributed by atoms with Crippen molar-refractivity contribution in [2.75, 3.05) is 0 Å². The standard InChI is InChI=1S/4C10H15N.2CHNS.Mn/c4*1-3-9(4-2)10-5-7-11-8-6-10;2*2-1-3;/h4*5-9H,3-4H2,1-2H3;2*3H;/q;;;;;;+3/p+2. The van der Waals surface area contributed by atoms with Crippen LogP contribution in [0.1, 0.15) is 153 Å². The Labute approximate surface area is 332 Å². The van der Waals surface area contributed by atoms with Crippen LogP contribution in [-0.2, 0) is 42.3 Å². The predicted octanol–water partition coefficient (Wildman–Crippen LogP) is 10.9. The van der Waals surface area contributed by atoms with Crippen LogP contribution in [0.5, 0.6) is 0 Å². The third-order valence-electron chi connectivity index (χ3n) is 8.65. The van der Waals surface area contributed by atoms with Crippen molar-refractivity contribution < 1.29 is 17.1 Å². The molecule has 4 heterocycles. The second-order valence-electron chi connectivity index (χ2n) is 11.4. The number of aromatic nitrogens is 4. The van der Waals surface area contributed by atoms with Crippen LogP contribution < -0.4 is 0 Å². The van der Waals surface area contributed by atoms with Crippen LogP contribution in [0.2, 0.25) is 0 Å². The Morgan fingerprint density at radius 1 is 0.392 bits per heavy atom. The molecule has 0 saturated heterocycles. The van der Waals surface area contributed by atoms with Gasteiger partial charge in [-0.3, -0.25) is 19.9 Å². The van der Waals surface area contributed by atoms with E-state index in [2.05, 4.69) is 149 Å². The van der Waals surface area contributed by atoms with Crippen molar-refractivity contribution in [3.05, 3.63) is 120 Å². The number of rotatable bonds is 12. The van der Waals surface area contributed by atoms with Crippen molar-refractivity contribution in [1.29, 1.82) is 10.5 Å². The molecule has 0 unspecified atom stereocenters. The first-order valence-corrected chi connectivity index (χ1v) is 19.1. The Morgan fingerprint density at radius 2 is 0.510 bits per heavy atom. The van der Waals surface area contributed by atoms with Gasteiger partial charge in [-0.15, -0.1) is 10.5 Å². The van der Waals surface area contributed by atoms with E-state index in [9.17, 15) is 0 Å². The van der Waals surface area contributed by atoms with E-state index in [1.807, 2.05) is 49.6 Å². The van der Waals surface area contributed by atoms with Gasteiger partial charge >= 0.3 is 27.9 Å². The topological polar surface area (TPSA) is 99.1 Å². The number of hydrogen-bond donors (Lipinski definition) is 0. The summed E-state index contributed by atoms with van der Waals surface area (Å²) in [4.78, 5) is 16.0. The van der Waals surface area contributed by atoms with Crippen LogP contribution >= 0.6 is 0 Å². The largest absolute Gasteiger partial charge is 3.00 e. The number of hydrogen-bond acceptors (Lipinski definition) is 6. The molecular formula is C42H64MnN6S2+5. The molecule has 51 heavy (non-hydrogen) atoms. The molecule has 0 N–H and O–H groups in total. The Hall–Kier alpha value is -3.20. The third kappa shape index (κ3) is 25.4. The van der Waals surface area contributed by atoms with Crippen LogP contribution in [0.15, 0.2) is 98.1 Å². The van der Waals surface area contributed by atoms with Crippen LogP contribution in [0.3, 0.4) is 0 Å². The Kier molecular flexibility index (Phi) is 38.9. The smallest absolute Gasteiger partial charge is 0.265 e. The summed E-state index contributed by atoms with van der Waals surface area (Å²) in [5, 5.41) is 17.6. The van der Waals surface area contributed by atoms with Gasteiger partial charge in [0.15, 0.2) is 0 Å². The summed E-state index contributed by atoms with van der Waals surface area (Å²) in [6.45, 7) is 17.8. The van der Waals surface area contributed by atoms with E-state index in [-0.39, 0.29) is 17.1 Å². The van der Waals surface area contributed by atoms with Gasteiger partial charge in [0.05, 0.1) is 25.3 Å². The number of thiocyanates is 2. The second kappa shape index (κ2) is 38.0. The molecule has 0 aliphatic carbocycles. The van der Waals surface area contributed by atoms with Crippen LogP contribution in [0.25, 0.3) is 0 Å². The molecule has 0 amide bonds. The minimum absolute atomic E-state index is 0. The van der Waals surface area contributed by atoms with E-state index < -0.39 is 0 Å². The van der Waals surface area contributed by atoms with Gasteiger partial charge < -0.3 is 0 Å². The summed E-state index contributed by atoms with van der Waals surface area (Å²) in [6, 6.07) is 16.9. The molecule has 0 bridgehead atoms. The summed E-state index contributed by atoms with van der Waals surface area (Å²) in [6.07, 6.45) is 24.7. The van der Waals surface area contributed by atoms with Gasteiger partial charge in [-0.1, -0.05) is 55.4 Å². The van der Waals surface area contributed by atoms with Gasteiger partial charge in [-0.2, -0.15) is 0 Å². The number of nitriles is 2. The fourth-order valence-corrected chi connectivity index (χ4v) is 5.58. The molecule has 0 atom stereocenters. The second-order valence-corrected chi connectivity index (χ2v) is 11.8. The third-order valence-corrected chi connectivity index (χ3v) is 8.65. The quantitative estimate of drug-likeness (QED) is 0.0808. The van der Waals surface area contributed by atoms with Crippen LogP contribution in [0, 0.1) is 21.3 Å². The van der Waals surface area contributed by atoms with E-state index in [1.54, 1.807) is 10.8 Å². The zero-order chi connectivity index (χ0) is 37.8. The van der Waals surface area contributed by atoms with Crippen molar-refractivity contribution in [2.45, 2.75) is 130 Å². The molecule has 0 spiro atoms. The zero-order valence-corrected chi connectivity index (χ0v) is 35.4. The minimum Gasteiger partial charge on any atom is -0.265 e. The van der Waals surface area contributed by atoms with Gasteiger partial charge in [0.2, 0.25) is 0 Å². The minimum atomic E-state index is 0. The Balaban J connectivity index is -0.000000568. The SMILES string of the molecule is CCC(CC)c1ccncc1.CCC(CC)c1ccncc1.CCC(CC)c1ccncc1.CCC(CC)c1ccncc1.N#C[SH2+].N#C[SH2+].[Mn+3]. The van der Waals surface area contributed by atoms with Gasteiger partial charge in [-0.05, 0) is 146 Å². The van der Waals surface area contributed by atoms with Crippen molar-refractivity contribution in [3.63, 3.8) is 0 Å². The van der Waals surface area contributed by atoms with Crippen molar-refractivity contribution in [1.82, 2.24) is 19.9 Å². The van der Waals surface area contributed by atoms with E-state index in [1.165, 1.54) is 73.6 Å². The van der Waals surface area contributed by atoms with E-state index >= 15 is 0 Å². The van der Waals surface area contributed by atoms with Gasteiger partial charge in [0, 0.05) is 49.6 Å². The Bertz CT molecular complexity index is 1140. The molecule has 276 valence electrons. The first kappa shape index (κ1) is 52.2. The maximum atomic E-state index is 7.23. The summed E-state index contributed by atoms with van der Waals surface area (Å²) in [5.41, 5.74) is 5.69. The first-order valence-electron chi connectivity index (χ1n) is 18.1. The van der Waals surface area contributed by atoms with E-state index in [4.69, 9.17) is 10.5 Å². The molecule has 0 saturated carbocycles. The van der Waals surface area contributed by atoms with Crippen molar-refractivity contribution in [2.24, 2.45) is 0 Å². The maximum absolute atomic E-state index is 7.23. The number of pyridine rings is 4. The first-order chi connectivity index (χ1) is 24.4. The van der Waals surface area contributed by atoms with Crippen LogP contribution in [-0.4, -0.2) is 19.9 Å². The molecule has 4 rings (SSSR count). The predicted molar refractivity (Wildman–Crippen MR) is 222 cm³/mol. The normalized spacial score (nSPS) is 9.33. The van der Waals surface area contributed by atoms with Gasteiger partial charge in [0.1, 0.15) is 0 Å². The fourth-order valence-electron chi connectivity index (χ4n) is 5.58. The summed E-state index contributed by atoms with van der Waals surface area (Å²) in [5.74, 6) is 2.88. The fraction of sp³-hybridized carbons (Fsp3) is 0.476. The molecule has 0 aromatic carbocycles. The summed E-state index contributed by atoms with van der Waals surface area (Å²) < 4.78 is 0. The zero-order valence-electron chi connectivity index (χ0n) is 32.3. The molecule has 0 radical (unpaired) electrons. The summed E-state index contributed by atoms with van der Waals surface area (Å²) >= 11 is 4.98. The van der Waals surface area contributed by atoms with E-state index in [0.29, 0.717) is 0 Å². The molecule has 9 heteroatoms. The monoisotopic (exact) mass is 771 g/mol. The molecule has 6 nitrogen and oxygen atoms in total. The van der Waals surface area contributed by atoms with Gasteiger partial charge in [-0.25, -0.2) is 0 Å². The van der Waals surface area contributed by atoms with E-state index in [0.717, 1.165) is 23.7 Å². The average molecular weight is 772 g/mol. The van der Waals surface area contributed by atoms with Gasteiger partial charge in [0.25, 0.3) is 0 Å². The molecular weight excluding hydrogens is 708 g/mol. The molecule has 0 aliphatic heterocycles. The molecule has 0 aliphatic rings. The van der Waals surface area contributed by atoms with Crippen molar-refractivity contribution in [3.8, 4) is 10.8 Å². The molecule has 0 fully saturated rings. The Morgan fingerprint density at radius 3 is 0.608 bits per heavy atom. The van der Waals surface area contributed by atoms with Crippen molar-refractivity contribution >= 4 is 25.3 Å². The number of nitrogens with zero attached hydrogens (tertiary/aromatic N) is 6.